The highest BCUT2D eigenvalue weighted by molar-refractivity contribution is 6.04. The van der Waals surface area contributed by atoms with Crippen LogP contribution in [0.1, 0.15) is 11.0 Å². The van der Waals surface area contributed by atoms with Crippen LogP contribution in [-0.4, -0.2) is 0 Å². The van der Waals surface area contributed by atoms with Crippen LogP contribution < -0.4 is 4.90 Å². The molecule has 0 amide bonds. The number of fused-ring (bicyclic) bond motifs is 3. The predicted molar refractivity (Wildman–Crippen MR) is 261 cm³/mol. The van der Waals surface area contributed by atoms with Gasteiger partial charge in [-0.2, -0.15) is 0 Å². The van der Waals surface area contributed by atoms with Gasteiger partial charge in [0.05, 0.1) is 11.0 Å². The Labute approximate surface area is 368 Å². The van der Waals surface area contributed by atoms with Crippen LogP contribution in [0.4, 0.5) is 17.1 Å². The zero-order valence-corrected chi connectivity index (χ0v) is 33.0. The summed E-state index contributed by atoms with van der Waals surface area (Å²) in [5.41, 5.74) is 6.34. The lowest BCUT2D eigenvalue weighted by atomic mass is 9.89. The Morgan fingerprint density at radius 1 is 0.262 bits per heavy atom. The van der Waals surface area contributed by atoms with Crippen LogP contribution in [0.15, 0.2) is 249 Å². The Morgan fingerprint density at radius 3 is 1.52 bits per heavy atom. The lowest BCUT2D eigenvalue weighted by Crippen LogP contribution is -2.10. The second kappa shape index (κ2) is 15.6. The van der Waals surface area contributed by atoms with Crippen molar-refractivity contribution in [1.82, 2.24) is 0 Å². The molecule has 1 heteroatoms. The van der Waals surface area contributed by atoms with Crippen molar-refractivity contribution in [2.45, 2.75) is 0 Å². The monoisotopic (exact) mass is 783 g/mol. The van der Waals surface area contributed by atoms with Gasteiger partial charge in [0, 0.05) is 17.1 Å². The average Bonchev–Trinajstić information content (AvgIpc) is 3.39. The molecule has 0 spiro atoms. The lowest BCUT2D eigenvalue weighted by molar-refractivity contribution is 1.28. The van der Waals surface area contributed by atoms with E-state index in [1.807, 2.05) is 158 Å². The molecule has 61 heavy (non-hydrogen) atoms. The Balaban J connectivity index is 1.13. The largest absolute Gasteiger partial charge is 0.310 e. The zero-order valence-electron chi connectivity index (χ0n) is 41.0. The van der Waals surface area contributed by atoms with Gasteiger partial charge in [-0.3, -0.25) is 0 Å². The first kappa shape index (κ1) is 28.4. The standard InChI is InChI=1S/C60H41N/c1-2-13-47(14-3-1)59-39-34-48-16-7-9-22-58(48)60(59)49-32-37-54(38-33-49)61(55-20-10-19-52(41-55)57-23-11-18-46-15-6-8-21-56(46)57)53-35-30-44(31-36-53)43-24-26-45(27-25-43)51-29-28-42-12-4-5-17-50(42)40-51/h1-41H/i30D,31D,32D,33D,35D,36D,37D,38D. The average molecular weight is 784 g/mol. The molecule has 0 heterocycles. The van der Waals surface area contributed by atoms with Crippen LogP contribution in [-0.2, 0) is 0 Å². The molecule has 11 rings (SSSR count). The fourth-order valence-corrected chi connectivity index (χ4v) is 8.36. The third-order valence-electron chi connectivity index (χ3n) is 11.4. The smallest absolute Gasteiger partial charge is 0.0645 e. The summed E-state index contributed by atoms with van der Waals surface area (Å²) in [6, 6.07) is 61.5. The molecule has 0 saturated heterocycles. The summed E-state index contributed by atoms with van der Waals surface area (Å²) in [4.78, 5) is 1.38. The molecule has 0 unspecified atom stereocenters. The second-order valence-corrected chi connectivity index (χ2v) is 15.1. The molecule has 11 aromatic rings. The van der Waals surface area contributed by atoms with E-state index in [-0.39, 0.29) is 46.7 Å². The summed E-state index contributed by atoms with van der Waals surface area (Å²) in [6.45, 7) is 0. The third-order valence-corrected chi connectivity index (χ3v) is 11.4. The normalized spacial score (nSPS) is 13.1. The van der Waals surface area contributed by atoms with E-state index in [1.165, 1.54) is 4.90 Å². The van der Waals surface area contributed by atoms with Crippen molar-refractivity contribution in [3.05, 3.63) is 249 Å². The van der Waals surface area contributed by atoms with Crippen molar-refractivity contribution in [3.63, 3.8) is 0 Å². The topological polar surface area (TPSA) is 3.24 Å². The van der Waals surface area contributed by atoms with Crippen molar-refractivity contribution in [2.75, 3.05) is 4.90 Å². The zero-order chi connectivity index (χ0) is 47.5. The van der Waals surface area contributed by atoms with Gasteiger partial charge in [-0.15, -0.1) is 0 Å². The number of rotatable bonds is 8. The highest BCUT2D eigenvalue weighted by Gasteiger charge is 2.17. The summed E-state index contributed by atoms with van der Waals surface area (Å²) in [6.07, 6.45) is 0. The maximum absolute atomic E-state index is 9.87. The summed E-state index contributed by atoms with van der Waals surface area (Å²) in [5, 5.41) is 5.86. The van der Waals surface area contributed by atoms with E-state index >= 15 is 0 Å². The summed E-state index contributed by atoms with van der Waals surface area (Å²) >= 11 is 0. The highest BCUT2D eigenvalue weighted by atomic mass is 15.1. The second-order valence-electron chi connectivity index (χ2n) is 15.1. The summed E-state index contributed by atoms with van der Waals surface area (Å²) < 4.78 is 77.9. The van der Waals surface area contributed by atoms with Gasteiger partial charge in [-0.25, -0.2) is 0 Å². The van der Waals surface area contributed by atoms with E-state index in [9.17, 15) is 11.0 Å². The van der Waals surface area contributed by atoms with Gasteiger partial charge in [0.25, 0.3) is 0 Å². The molecule has 0 aromatic heterocycles. The number of benzene rings is 11. The van der Waals surface area contributed by atoms with Crippen molar-refractivity contribution in [1.29, 1.82) is 0 Å². The summed E-state index contributed by atoms with van der Waals surface area (Å²) in [7, 11) is 0. The molecular formula is C60H41N. The van der Waals surface area contributed by atoms with Crippen molar-refractivity contribution < 1.29 is 11.0 Å². The van der Waals surface area contributed by atoms with Crippen molar-refractivity contribution >= 4 is 49.4 Å². The van der Waals surface area contributed by atoms with E-state index in [2.05, 4.69) is 24.3 Å². The highest BCUT2D eigenvalue weighted by Crippen LogP contribution is 2.42. The van der Waals surface area contributed by atoms with Gasteiger partial charge in [0.2, 0.25) is 0 Å². The minimum atomic E-state index is -0.404. The van der Waals surface area contributed by atoms with E-state index in [4.69, 9.17) is 0 Å². The first-order valence-corrected chi connectivity index (χ1v) is 20.3. The van der Waals surface area contributed by atoms with Gasteiger partial charge in [0.1, 0.15) is 0 Å². The van der Waals surface area contributed by atoms with Crippen molar-refractivity contribution in [2.24, 2.45) is 0 Å². The lowest BCUT2D eigenvalue weighted by Gasteiger charge is -2.27. The minimum absolute atomic E-state index is 0.0996. The van der Waals surface area contributed by atoms with E-state index in [0.29, 0.717) is 16.8 Å². The molecule has 0 N–H and O–H groups in total. The Morgan fingerprint density at radius 2 is 0.787 bits per heavy atom. The van der Waals surface area contributed by atoms with Crippen LogP contribution in [0.2, 0.25) is 0 Å². The Bertz CT molecular complexity index is 3770. The van der Waals surface area contributed by atoms with Crippen LogP contribution in [0.25, 0.3) is 88.0 Å². The fourth-order valence-electron chi connectivity index (χ4n) is 8.36. The number of anilines is 3. The minimum Gasteiger partial charge on any atom is -0.310 e. The molecule has 1 nitrogen and oxygen atoms in total. The molecule has 286 valence electrons. The van der Waals surface area contributed by atoms with Crippen LogP contribution in [0.5, 0.6) is 0 Å². The predicted octanol–water partition coefficient (Wildman–Crippen LogP) is 17.0. The van der Waals surface area contributed by atoms with Gasteiger partial charge >= 0.3 is 0 Å². The fraction of sp³-hybridized carbons (Fsp3) is 0. The van der Waals surface area contributed by atoms with E-state index in [1.54, 1.807) is 18.2 Å². The molecule has 0 fully saturated rings. The quantitative estimate of drug-likeness (QED) is 0.148. The SMILES string of the molecule is [2H]c1c([2H])c(N(c2cccc(-c3cccc4ccccc34)c2)c2c([2H])c([2H])c(-c3c(-c4ccccc4)ccc4ccccc34)c([2H])c2[2H])c([2H])c([2H])c1-c1ccc(-c2ccc3ccccc3c2)cc1. The van der Waals surface area contributed by atoms with Gasteiger partial charge < -0.3 is 4.90 Å². The van der Waals surface area contributed by atoms with Gasteiger partial charge in [-0.1, -0.05) is 206 Å². The van der Waals surface area contributed by atoms with Gasteiger partial charge in [0.15, 0.2) is 0 Å². The van der Waals surface area contributed by atoms with Gasteiger partial charge in [-0.05, 0) is 130 Å². The molecule has 0 aliphatic carbocycles. The molecule has 0 saturated carbocycles. The maximum Gasteiger partial charge on any atom is 0.0645 e. The molecule has 0 radical (unpaired) electrons. The van der Waals surface area contributed by atoms with E-state index in [0.717, 1.165) is 65.7 Å². The number of hydrogen-bond donors (Lipinski definition) is 0. The maximum atomic E-state index is 9.87. The van der Waals surface area contributed by atoms with Crippen LogP contribution in [0.3, 0.4) is 0 Å². The van der Waals surface area contributed by atoms with Crippen LogP contribution in [0, 0.1) is 0 Å². The molecular weight excluding hydrogens is 735 g/mol. The Hall–Kier alpha value is -8.00. The van der Waals surface area contributed by atoms with E-state index < -0.39 is 24.2 Å². The Kier molecular flexibility index (Phi) is 7.29. The third kappa shape index (κ3) is 6.93. The first-order chi connectivity index (χ1) is 33.6. The first-order valence-electron chi connectivity index (χ1n) is 24.3. The van der Waals surface area contributed by atoms with Crippen molar-refractivity contribution in [3.8, 4) is 55.6 Å². The molecule has 0 atom stereocenters. The molecule has 0 bridgehead atoms. The number of hydrogen-bond acceptors (Lipinski definition) is 1. The molecule has 0 aliphatic heterocycles. The molecule has 11 aromatic carbocycles. The summed E-state index contributed by atoms with van der Waals surface area (Å²) in [5.74, 6) is 0. The van der Waals surface area contributed by atoms with Crippen LogP contribution >= 0.6 is 0 Å². The molecule has 0 aliphatic rings. The number of nitrogens with zero attached hydrogens (tertiary/aromatic N) is 1.